The second kappa shape index (κ2) is 6.15. The molecular weight excluding hydrogens is 346 g/mol. The summed E-state index contributed by atoms with van der Waals surface area (Å²) in [6, 6.07) is 10.1. The number of nitrogens with one attached hydrogen (secondary N) is 1. The van der Waals surface area contributed by atoms with Crippen LogP contribution in [-0.2, 0) is 0 Å². The van der Waals surface area contributed by atoms with E-state index in [9.17, 15) is 9.90 Å². The molecule has 2 aromatic carbocycles. The van der Waals surface area contributed by atoms with Crippen LogP contribution < -0.4 is 10.1 Å². The van der Waals surface area contributed by atoms with Crippen LogP contribution in [0.1, 0.15) is 10.4 Å². The third-order valence-electron chi connectivity index (χ3n) is 2.64. The Morgan fingerprint density at radius 1 is 1.25 bits per heavy atom. The summed E-state index contributed by atoms with van der Waals surface area (Å²) in [5.41, 5.74) is 1.20. The molecule has 2 N–H and O–H groups in total. The largest absolute Gasteiger partial charge is 0.495 e. The molecule has 0 saturated heterocycles. The van der Waals surface area contributed by atoms with E-state index in [0.29, 0.717) is 22.1 Å². The lowest BCUT2D eigenvalue weighted by Gasteiger charge is -2.13. The highest BCUT2D eigenvalue weighted by Crippen LogP contribution is 2.32. The van der Waals surface area contributed by atoms with Crippen LogP contribution in [0.3, 0.4) is 0 Å². The molecule has 2 aromatic rings. The van der Waals surface area contributed by atoms with Gasteiger partial charge in [0.1, 0.15) is 5.75 Å². The van der Waals surface area contributed by atoms with E-state index in [1.165, 1.54) is 6.07 Å². The Morgan fingerprint density at radius 2 is 2.00 bits per heavy atom. The third-order valence-corrected chi connectivity index (χ3v) is 3.37. The number of ether oxygens (including phenoxy) is 1. The highest BCUT2D eigenvalue weighted by molar-refractivity contribution is 9.10. The molecule has 0 atom stereocenters. The van der Waals surface area contributed by atoms with E-state index in [1.807, 2.05) is 6.07 Å². The van der Waals surface area contributed by atoms with Crippen molar-refractivity contribution in [1.29, 1.82) is 0 Å². The molecule has 0 radical (unpaired) electrons. The van der Waals surface area contributed by atoms with Gasteiger partial charge in [-0.3, -0.25) is 0 Å². The Kier molecular flexibility index (Phi) is 4.52. The van der Waals surface area contributed by atoms with E-state index < -0.39 is 5.97 Å². The van der Waals surface area contributed by atoms with Gasteiger partial charge in [0.2, 0.25) is 0 Å². The molecule has 0 spiro atoms. The lowest BCUT2D eigenvalue weighted by Crippen LogP contribution is -2.03. The summed E-state index contributed by atoms with van der Waals surface area (Å²) in [5.74, 6) is -0.441. The predicted octanol–water partition coefficient (Wildman–Crippen LogP) is 4.55. The molecule has 6 heteroatoms. The minimum Gasteiger partial charge on any atom is -0.495 e. The molecule has 104 valence electrons. The van der Waals surface area contributed by atoms with Crippen molar-refractivity contribution in [3.8, 4) is 5.75 Å². The first-order valence-corrected chi connectivity index (χ1v) is 6.82. The number of carboxylic acid groups (broad SMARTS) is 1. The average molecular weight is 357 g/mol. The smallest absolute Gasteiger partial charge is 0.337 e. The summed E-state index contributed by atoms with van der Waals surface area (Å²) in [4.78, 5) is 11.2. The fraction of sp³-hybridized carbons (Fsp3) is 0.0714. The van der Waals surface area contributed by atoms with Gasteiger partial charge in [0, 0.05) is 9.50 Å². The van der Waals surface area contributed by atoms with Crippen LogP contribution >= 0.6 is 27.5 Å². The van der Waals surface area contributed by atoms with Crippen molar-refractivity contribution in [3.63, 3.8) is 0 Å². The molecule has 0 fully saturated rings. The Hall–Kier alpha value is -1.72. The fourth-order valence-corrected chi connectivity index (χ4v) is 2.26. The van der Waals surface area contributed by atoms with Crippen molar-refractivity contribution in [2.75, 3.05) is 12.4 Å². The second-order valence-electron chi connectivity index (χ2n) is 3.96. The van der Waals surface area contributed by atoms with Crippen LogP contribution in [0.5, 0.6) is 5.75 Å². The van der Waals surface area contributed by atoms with Gasteiger partial charge in [-0.25, -0.2) is 4.79 Å². The van der Waals surface area contributed by atoms with E-state index >= 15 is 0 Å². The van der Waals surface area contributed by atoms with Crippen LogP contribution in [0.15, 0.2) is 40.9 Å². The molecule has 2 rings (SSSR count). The van der Waals surface area contributed by atoms with Crippen LogP contribution in [0, 0.1) is 0 Å². The Labute approximate surface area is 129 Å². The van der Waals surface area contributed by atoms with Crippen molar-refractivity contribution in [3.05, 3.63) is 51.5 Å². The number of carbonyl (C=O) groups is 1. The molecule has 0 aromatic heterocycles. The van der Waals surface area contributed by atoms with Gasteiger partial charge in [0.05, 0.1) is 24.0 Å². The Bertz CT molecular complexity index is 661. The monoisotopic (exact) mass is 355 g/mol. The number of rotatable bonds is 4. The van der Waals surface area contributed by atoms with E-state index in [-0.39, 0.29) is 5.56 Å². The first kappa shape index (κ1) is 14.7. The zero-order valence-corrected chi connectivity index (χ0v) is 12.8. The minimum atomic E-state index is -1.05. The summed E-state index contributed by atoms with van der Waals surface area (Å²) in [6.45, 7) is 0. The SMILES string of the molecule is COc1ccc(Br)cc1Nc1ccc(Cl)cc1C(=O)O. The Morgan fingerprint density at radius 3 is 2.65 bits per heavy atom. The van der Waals surface area contributed by atoms with E-state index in [0.717, 1.165) is 4.47 Å². The number of hydrogen-bond acceptors (Lipinski definition) is 3. The van der Waals surface area contributed by atoms with Crippen molar-refractivity contribution >= 4 is 44.9 Å². The van der Waals surface area contributed by atoms with Gasteiger partial charge in [-0.1, -0.05) is 27.5 Å². The summed E-state index contributed by atoms with van der Waals surface area (Å²) in [5, 5.41) is 12.6. The first-order valence-electron chi connectivity index (χ1n) is 5.64. The van der Waals surface area contributed by atoms with Crippen LogP contribution in [0.25, 0.3) is 0 Å². The number of aromatic carboxylic acids is 1. The molecule has 0 aliphatic rings. The number of methoxy groups -OCH3 is 1. The maximum Gasteiger partial charge on any atom is 0.337 e. The molecule has 0 unspecified atom stereocenters. The van der Waals surface area contributed by atoms with E-state index in [1.54, 1.807) is 31.4 Å². The van der Waals surface area contributed by atoms with Crippen molar-refractivity contribution < 1.29 is 14.6 Å². The molecule has 0 aliphatic carbocycles. The molecule has 0 aliphatic heterocycles. The topological polar surface area (TPSA) is 58.6 Å². The number of hydrogen-bond donors (Lipinski definition) is 2. The zero-order valence-electron chi connectivity index (χ0n) is 10.5. The molecule has 0 bridgehead atoms. The van der Waals surface area contributed by atoms with Gasteiger partial charge in [0.25, 0.3) is 0 Å². The summed E-state index contributed by atoms with van der Waals surface area (Å²) in [6.07, 6.45) is 0. The van der Waals surface area contributed by atoms with E-state index in [4.69, 9.17) is 16.3 Å². The minimum absolute atomic E-state index is 0.0968. The van der Waals surface area contributed by atoms with Crippen molar-refractivity contribution in [2.45, 2.75) is 0 Å². The normalized spacial score (nSPS) is 10.2. The highest BCUT2D eigenvalue weighted by atomic mass is 79.9. The summed E-state index contributed by atoms with van der Waals surface area (Å²) < 4.78 is 6.09. The number of benzene rings is 2. The lowest BCUT2D eigenvalue weighted by atomic mass is 10.1. The highest BCUT2D eigenvalue weighted by Gasteiger charge is 2.13. The molecule has 0 saturated carbocycles. The third kappa shape index (κ3) is 3.23. The van der Waals surface area contributed by atoms with E-state index in [2.05, 4.69) is 21.2 Å². The van der Waals surface area contributed by atoms with Gasteiger partial charge < -0.3 is 15.2 Å². The van der Waals surface area contributed by atoms with Gasteiger partial charge in [0.15, 0.2) is 0 Å². The quantitative estimate of drug-likeness (QED) is 0.843. The molecule has 0 heterocycles. The fourth-order valence-electron chi connectivity index (χ4n) is 1.73. The zero-order chi connectivity index (χ0) is 14.7. The maximum atomic E-state index is 11.2. The van der Waals surface area contributed by atoms with Crippen LogP contribution in [0.4, 0.5) is 11.4 Å². The predicted molar refractivity (Wildman–Crippen MR) is 82.4 cm³/mol. The molecule has 4 nitrogen and oxygen atoms in total. The standard InChI is InChI=1S/C14H11BrClNO3/c1-20-13-5-2-8(15)6-12(13)17-11-4-3-9(16)7-10(11)14(18)19/h2-7,17H,1H3,(H,18,19). The summed E-state index contributed by atoms with van der Waals surface area (Å²) >= 11 is 9.19. The first-order chi connectivity index (χ1) is 9.51. The summed E-state index contributed by atoms with van der Waals surface area (Å²) in [7, 11) is 1.55. The van der Waals surface area contributed by atoms with Gasteiger partial charge >= 0.3 is 5.97 Å². The molecular formula is C14H11BrClNO3. The van der Waals surface area contributed by atoms with Gasteiger partial charge in [-0.2, -0.15) is 0 Å². The maximum absolute atomic E-state index is 11.2. The number of carboxylic acids is 1. The van der Waals surface area contributed by atoms with Crippen molar-refractivity contribution in [1.82, 2.24) is 0 Å². The van der Waals surface area contributed by atoms with Crippen LogP contribution in [0.2, 0.25) is 5.02 Å². The number of anilines is 2. The number of halogens is 2. The Balaban J connectivity index is 2.44. The second-order valence-corrected chi connectivity index (χ2v) is 5.32. The molecule has 0 amide bonds. The molecule has 20 heavy (non-hydrogen) atoms. The van der Waals surface area contributed by atoms with Crippen molar-refractivity contribution in [2.24, 2.45) is 0 Å². The van der Waals surface area contributed by atoms with Gasteiger partial charge in [-0.15, -0.1) is 0 Å². The van der Waals surface area contributed by atoms with Gasteiger partial charge in [-0.05, 0) is 36.4 Å². The van der Waals surface area contributed by atoms with Crippen LogP contribution in [-0.4, -0.2) is 18.2 Å². The lowest BCUT2D eigenvalue weighted by molar-refractivity contribution is 0.0698. The average Bonchev–Trinajstić information content (AvgIpc) is 2.41.